The molecule has 2 N–H and O–H groups in total. The number of esters is 1. The quantitative estimate of drug-likeness (QED) is 0.681. The summed E-state index contributed by atoms with van der Waals surface area (Å²) in [6, 6.07) is 9.27. The van der Waals surface area contributed by atoms with Crippen molar-refractivity contribution in [2.75, 3.05) is 26.1 Å². The van der Waals surface area contributed by atoms with E-state index in [1.807, 2.05) is 26.0 Å². The number of nitrogens with one attached hydrogen (secondary N) is 2. The van der Waals surface area contributed by atoms with Crippen molar-refractivity contribution in [2.24, 2.45) is 0 Å². The van der Waals surface area contributed by atoms with E-state index < -0.39 is 28.5 Å². The Morgan fingerprint density at radius 1 is 1.04 bits per heavy atom. The zero-order chi connectivity index (χ0) is 20.9. The molecule has 8 nitrogen and oxygen atoms in total. The van der Waals surface area contributed by atoms with Crippen LogP contribution in [0.15, 0.2) is 41.3 Å². The molecule has 2 aromatic carbocycles. The first-order chi connectivity index (χ1) is 13.2. The largest absolute Gasteiger partial charge is 0.495 e. The number of rotatable bonds is 7. The number of hydrogen-bond donors (Lipinski definition) is 2. The predicted octanol–water partition coefficient (Wildman–Crippen LogP) is 2.02. The Kier molecular flexibility index (Phi) is 6.76. The molecule has 0 heterocycles. The van der Waals surface area contributed by atoms with Crippen molar-refractivity contribution >= 4 is 27.6 Å². The normalized spacial score (nSPS) is 11.0. The topological polar surface area (TPSA) is 111 Å². The van der Waals surface area contributed by atoms with Crippen LogP contribution in [0.2, 0.25) is 0 Å². The molecular weight excluding hydrogens is 384 g/mol. The van der Waals surface area contributed by atoms with E-state index in [1.54, 1.807) is 6.07 Å². The minimum absolute atomic E-state index is 0.0198. The van der Waals surface area contributed by atoms with Gasteiger partial charge in [-0.25, -0.2) is 17.9 Å². The highest BCUT2D eigenvalue weighted by Gasteiger charge is 2.21. The molecule has 28 heavy (non-hydrogen) atoms. The lowest BCUT2D eigenvalue weighted by molar-refractivity contribution is -0.119. The maximum absolute atomic E-state index is 12.2. The third-order valence-corrected chi connectivity index (χ3v) is 5.52. The van der Waals surface area contributed by atoms with Gasteiger partial charge in [-0.1, -0.05) is 6.07 Å². The molecule has 0 aliphatic heterocycles. The van der Waals surface area contributed by atoms with E-state index in [1.165, 1.54) is 26.3 Å². The number of benzene rings is 2. The van der Waals surface area contributed by atoms with Crippen LogP contribution in [-0.2, 0) is 19.6 Å². The first-order valence-electron chi connectivity index (χ1n) is 8.33. The molecule has 2 rings (SSSR count). The third kappa shape index (κ3) is 5.08. The summed E-state index contributed by atoms with van der Waals surface area (Å²) in [4.78, 5) is 24.0. The van der Waals surface area contributed by atoms with E-state index >= 15 is 0 Å². The number of sulfonamides is 1. The molecule has 0 fully saturated rings. The van der Waals surface area contributed by atoms with Crippen LogP contribution < -0.4 is 14.8 Å². The molecule has 1 amide bonds. The van der Waals surface area contributed by atoms with Crippen LogP contribution in [0.3, 0.4) is 0 Å². The van der Waals surface area contributed by atoms with E-state index in [0.29, 0.717) is 5.69 Å². The zero-order valence-corrected chi connectivity index (χ0v) is 16.8. The Morgan fingerprint density at radius 3 is 2.36 bits per heavy atom. The molecule has 0 aromatic heterocycles. The molecule has 0 atom stereocenters. The van der Waals surface area contributed by atoms with Crippen LogP contribution >= 0.6 is 0 Å². The fourth-order valence-corrected chi connectivity index (χ4v) is 3.27. The molecule has 2 aromatic rings. The van der Waals surface area contributed by atoms with Gasteiger partial charge in [0.2, 0.25) is 10.0 Å². The molecule has 0 saturated carbocycles. The van der Waals surface area contributed by atoms with E-state index in [2.05, 4.69) is 10.0 Å². The summed E-state index contributed by atoms with van der Waals surface area (Å²) in [5.74, 6) is -1.25. The van der Waals surface area contributed by atoms with Gasteiger partial charge in [0.15, 0.2) is 6.61 Å². The second kappa shape index (κ2) is 8.85. The monoisotopic (exact) mass is 406 g/mol. The van der Waals surface area contributed by atoms with Crippen molar-refractivity contribution in [3.05, 3.63) is 53.1 Å². The van der Waals surface area contributed by atoms with E-state index in [9.17, 15) is 18.0 Å². The highest BCUT2D eigenvalue weighted by molar-refractivity contribution is 7.89. The van der Waals surface area contributed by atoms with Gasteiger partial charge in [0.1, 0.15) is 10.6 Å². The summed E-state index contributed by atoms with van der Waals surface area (Å²) in [5.41, 5.74) is 2.69. The number of amides is 1. The second-order valence-electron chi connectivity index (χ2n) is 6.00. The number of hydrogen-bond acceptors (Lipinski definition) is 6. The number of ether oxygens (including phenoxy) is 2. The standard InChI is InChI=1S/C19H22N2O6S/c1-12-5-7-15(9-13(12)2)21-18(22)11-27-19(23)14-6-8-16(26-4)17(10-14)28(24,25)20-3/h5-10,20H,11H2,1-4H3,(H,21,22). The van der Waals surface area contributed by atoms with Crippen molar-refractivity contribution in [3.8, 4) is 5.75 Å². The van der Waals surface area contributed by atoms with Crippen LogP contribution in [0.25, 0.3) is 0 Å². The smallest absolute Gasteiger partial charge is 0.338 e. The minimum Gasteiger partial charge on any atom is -0.495 e. The van der Waals surface area contributed by atoms with Gasteiger partial charge in [0.05, 0.1) is 12.7 Å². The van der Waals surface area contributed by atoms with Crippen LogP contribution in [0.5, 0.6) is 5.75 Å². The van der Waals surface area contributed by atoms with E-state index in [4.69, 9.17) is 9.47 Å². The summed E-state index contributed by atoms with van der Waals surface area (Å²) >= 11 is 0. The lowest BCUT2D eigenvalue weighted by Crippen LogP contribution is -2.22. The third-order valence-electron chi connectivity index (χ3n) is 4.08. The maximum atomic E-state index is 12.2. The second-order valence-corrected chi connectivity index (χ2v) is 7.85. The van der Waals surface area contributed by atoms with Crippen molar-refractivity contribution < 1.29 is 27.5 Å². The minimum atomic E-state index is -3.84. The van der Waals surface area contributed by atoms with Crippen molar-refractivity contribution in [3.63, 3.8) is 0 Å². The van der Waals surface area contributed by atoms with Gasteiger partial charge in [0, 0.05) is 5.69 Å². The van der Waals surface area contributed by atoms with Gasteiger partial charge in [-0.3, -0.25) is 4.79 Å². The van der Waals surface area contributed by atoms with Crippen molar-refractivity contribution in [1.29, 1.82) is 0 Å². The first-order valence-corrected chi connectivity index (χ1v) is 9.82. The molecule has 0 saturated heterocycles. The van der Waals surface area contributed by atoms with Gasteiger partial charge < -0.3 is 14.8 Å². The van der Waals surface area contributed by atoms with E-state index in [0.717, 1.165) is 17.2 Å². The summed E-state index contributed by atoms with van der Waals surface area (Å²) in [5, 5.41) is 2.64. The molecule has 0 aliphatic rings. The highest BCUT2D eigenvalue weighted by Crippen LogP contribution is 2.25. The first kappa shape index (κ1) is 21.4. The molecular formula is C19H22N2O6S. The Balaban J connectivity index is 2.07. The molecule has 0 aliphatic carbocycles. The van der Waals surface area contributed by atoms with Crippen LogP contribution in [0.1, 0.15) is 21.5 Å². The predicted molar refractivity (Wildman–Crippen MR) is 104 cm³/mol. The lowest BCUT2D eigenvalue weighted by atomic mass is 10.1. The summed E-state index contributed by atoms with van der Waals surface area (Å²) < 4.78 is 36.3. The molecule has 0 bridgehead atoms. The van der Waals surface area contributed by atoms with Crippen molar-refractivity contribution in [2.45, 2.75) is 18.7 Å². The SMILES string of the molecule is CNS(=O)(=O)c1cc(C(=O)OCC(=O)Nc2ccc(C)c(C)c2)ccc1OC. The summed E-state index contributed by atoms with van der Waals surface area (Å²) in [7, 11) is -1.27. The lowest BCUT2D eigenvalue weighted by Gasteiger charge is -2.11. The molecule has 0 unspecified atom stereocenters. The van der Waals surface area contributed by atoms with E-state index in [-0.39, 0.29) is 16.2 Å². The van der Waals surface area contributed by atoms with Gasteiger partial charge >= 0.3 is 5.97 Å². The number of methoxy groups -OCH3 is 1. The Morgan fingerprint density at radius 2 is 1.75 bits per heavy atom. The van der Waals surface area contributed by atoms with Gasteiger partial charge in [-0.15, -0.1) is 0 Å². The van der Waals surface area contributed by atoms with Crippen LogP contribution in [-0.4, -0.2) is 41.1 Å². The molecule has 9 heteroatoms. The average molecular weight is 406 g/mol. The van der Waals surface area contributed by atoms with Gasteiger partial charge in [-0.2, -0.15) is 0 Å². The summed E-state index contributed by atoms with van der Waals surface area (Å²) in [6.07, 6.45) is 0. The fourth-order valence-electron chi connectivity index (χ4n) is 2.35. The van der Waals surface area contributed by atoms with Gasteiger partial charge in [0.25, 0.3) is 5.91 Å². The number of anilines is 1. The van der Waals surface area contributed by atoms with Crippen molar-refractivity contribution in [1.82, 2.24) is 4.72 Å². The van der Waals surface area contributed by atoms with Crippen LogP contribution in [0.4, 0.5) is 5.69 Å². The zero-order valence-electron chi connectivity index (χ0n) is 16.0. The number of carbonyl (C=O) groups excluding carboxylic acids is 2. The highest BCUT2D eigenvalue weighted by atomic mass is 32.2. The Hall–Kier alpha value is -2.91. The number of aryl methyl sites for hydroxylation is 2. The Labute approximate surface area is 163 Å². The Bertz CT molecular complexity index is 1000. The van der Waals surface area contributed by atoms with Gasteiger partial charge in [-0.05, 0) is 62.4 Å². The average Bonchev–Trinajstić information content (AvgIpc) is 2.68. The summed E-state index contributed by atoms with van der Waals surface area (Å²) in [6.45, 7) is 3.37. The van der Waals surface area contributed by atoms with Crippen LogP contribution in [0, 0.1) is 13.8 Å². The number of carbonyl (C=O) groups is 2. The molecule has 0 spiro atoms. The fraction of sp³-hybridized carbons (Fsp3) is 0.263. The molecule has 150 valence electrons. The maximum Gasteiger partial charge on any atom is 0.338 e. The molecule has 0 radical (unpaired) electrons.